The second kappa shape index (κ2) is 6.78. The maximum absolute atomic E-state index is 12.1. The van der Waals surface area contributed by atoms with E-state index in [0.717, 1.165) is 11.3 Å². The summed E-state index contributed by atoms with van der Waals surface area (Å²) >= 11 is 0. The first kappa shape index (κ1) is 17.0. The van der Waals surface area contributed by atoms with Crippen molar-refractivity contribution < 1.29 is 18.3 Å². The van der Waals surface area contributed by atoms with Gasteiger partial charge in [0.25, 0.3) is 0 Å². The van der Waals surface area contributed by atoms with Gasteiger partial charge < -0.3 is 10.4 Å². The lowest BCUT2D eigenvalue weighted by molar-refractivity contribution is -0.115. The first-order valence-corrected chi connectivity index (χ1v) is 8.74. The number of rotatable bonds is 5. The summed E-state index contributed by atoms with van der Waals surface area (Å²) in [5.74, 6) is -0.604. The summed E-state index contributed by atoms with van der Waals surface area (Å²) in [4.78, 5) is 16.2. The van der Waals surface area contributed by atoms with Crippen LogP contribution in [0.5, 0.6) is 5.75 Å². The van der Waals surface area contributed by atoms with Gasteiger partial charge >= 0.3 is 0 Å². The van der Waals surface area contributed by atoms with E-state index in [-0.39, 0.29) is 34.4 Å². The number of amides is 1. The molecule has 1 heterocycles. The van der Waals surface area contributed by atoms with Crippen LogP contribution >= 0.6 is 0 Å². The molecule has 0 saturated heterocycles. The molecule has 23 heavy (non-hydrogen) atoms. The van der Waals surface area contributed by atoms with Gasteiger partial charge in [0.1, 0.15) is 5.75 Å². The van der Waals surface area contributed by atoms with E-state index in [2.05, 4.69) is 10.3 Å². The molecule has 0 radical (unpaired) electrons. The molecular weight excluding hydrogens is 316 g/mol. The van der Waals surface area contributed by atoms with Gasteiger partial charge in [-0.15, -0.1) is 0 Å². The molecule has 2 N–H and O–H groups in total. The Morgan fingerprint density at radius 3 is 2.61 bits per heavy atom. The van der Waals surface area contributed by atoms with Crippen molar-refractivity contribution in [3.05, 3.63) is 47.8 Å². The Morgan fingerprint density at radius 2 is 2.00 bits per heavy atom. The molecule has 1 aromatic heterocycles. The van der Waals surface area contributed by atoms with Crippen LogP contribution in [0.2, 0.25) is 0 Å². The zero-order valence-corrected chi connectivity index (χ0v) is 13.7. The van der Waals surface area contributed by atoms with E-state index in [4.69, 9.17) is 0 Å². The molecule has 0 spiro atoms. The Bertz CT molecular complexity index is 814. The SMILES string of the molecule is CCS(=O)(=O)c1ccc(O)c(NC(=O)Cc2ccc(C)nc2)c1. The summed E-state index contributed by atoms with van der Waals surface area (Å²) in [6.07, 6.45) is 1.68. The summed E-state index contributed by atoms with van der Waals surface area (Å²) in [6, 6.07) is 7.42. The molecule has 0 aliphatic rings. The van der Waals surface area contributed by atoms with Crippen LogP contribution in [0.4, 0.5) is 5.69 Å². The number of pyridine rings is 1. The maximum atomic E-state index is 12.1. The van der Waals surface area contributed by atoms with E-state index in [1.165, 1.54) is 25.1 Å². The van der Waals surface area contributed by atoms with Crippen molar-refractivity contribution >= 4 is 21.4 Å². The third kappa shape index (κ3) is 4.29. The van der Waals surface area contributed by atoms with Gasteiger partial charge in [-0.3, -0.25) is 9.78 Å². The molecule has 0 fully saturated rings. The minimum absolute atomic E-state index is 0.0554. The predicted octanol–water partition coefficient (Wildman–Crippen LogP) is 2.07. The van der Waals surface area contributed by atoms with E-state index in [9.17, 15) is 18.3 Å². The molecule has 0 atom stereocenters. The first-order valence-electron chi connectivity index (χ1n) is 7.09. The quantitative estimate of drug-likeness (QED) is 0.816. The molecule has 0 aliphatic heterocycles. The molecule has 0 saturated carbocycles. The number of benzene rings is 1. The number of nitrogens with one attached hydrogen (secondary N) is 1. The van der Waals surface area contributed by atoms with E-state index in [0.29, 0.717) is 0 Å². The van der Waals surface area contributed by atoms with Crippen molar-refractivity contribution in [1.29, 1.82) is 0 Å². The fourth-order valence-electron chi connectivity index (χ4n) is 1.96. The van der Waals surface area contributed by atoms with Crippen LogP contribution in [-0.4, -0.2) is 30.2 Å². The highest BCUT2D eigenvalue weighted by atomic mass is 32.2. The molecular formula is C16H18N2O4S. The number of hydrogen-bond donors (Lipinski definition) is 2. The maximum Gasteiger partial charge on any atom is 0.228 e. The topological polar surface area (TPSA) is 96.4 Å². The van der Waals surface area contributed by atoms with Crippen LogP contribution in [-0.2, 0) is 21.1 Å². The van der Waals surface area contributed by atoms with E-state index < -0.39 is 9.84 Å². The van der Waals surface area contributed by atoms with Gasteiger partial charge in [-0.2, -0.15) is 0 Å². The Labute approximate surface area is 135 Å². The number of phenolic OH excluding ortho intramolecular Hbond substituents is 1. The van der Waals surface area contributed by atoms with Crippen molar-refractivity contribution in [2.45, 2.75) is 25.2 Å². The fraction of sp³-hybridized carbons (Fsp3) is 0.250. The van der Waals surface area contributed by atoms with Crippen LogP contribution in [0, 0.1) is 6.92 Å². The molecule has 2 rings (SSSR count). The molecule has 1 amide bonds. The smallest absolute Gasteiger partial charge is 0.228 e. The highest BCUT2D eigenvalue weighted by Crippen LogP contribution is 2.27. The van der Waals surface area contributed by atoms with Gasteiger partial charge in [-0.25, -0.2) is 8.42 Å². The Balaban J connectivity index is 2.17. The minimum atomic E-state index is -3.41. The van der Waals surface area contributed by atoms with Gasteiger partial charge in [0, 0.05) is 11.9 Å². The van der Waals surface area contributed by atoms with Crippen LogP contribution < -0.4 is 5.32 Å². The van der Waals surface area contributed by atoms with E-state index in [1.54, 1.807) is 18.3 Å². The lowest BCUT2D eigenvalue weighted by Crippen LogP contribution is -2.15. The van der Waals surface area contributed by atoms with Gasteiger partial charge in [0.05, 0.1) is 22.8 Å². The molecule has 6 nitrogen and oxygen atoms in total. The molecule has 0 aliphatic carbocycles. The van der Waals surface area contributed by atoms with Crippen LogP contribution in [0.15, 0.2) is 41.4 Å². The average Bonchev–Trinajstić information content (AvgIpc) is 2.51. The summed E-state index contributed by atoms with van der Waals surface area (Å²) < 4.78 is 23.7. The van der Waals surface area contributed by atoms with Crippen molar-refractivity contribution in [1.82, 2.24) is 4.98 Å². The summed E-state index contributed by atoms with van der Waals surface area (Å²) in [6.45, 7) is 3.38. The third-order valence-electron chi connectivity index (χ3n) is 3.32. The van der Waals surface area contributed by atoms with Crippen LogP contribution in [0.25, 0.3) is 0 Å². The number of carbonyl (C=O) groups excluding carboxylic acids is 1. The normalized spacial score (nSPS) is 11.2. The van der Waals surface area contributed by atoms with Crippen molar-refractivity contribution in [2.24, 2.45) is 0 Å². The summed E-state index contributed by atoms with van der Waals surface area (Å²) in [5.41, 5.74) is 1.65. The van der Waals surface area contributed by atoms with Gasteiger partial charge in [-0.05, 0) is 36.8 Å². The molecule has 0 bridgehead atoms. The Hall–Kier alpha value is -2.41. The van der Waals surface area contributed by atoms with E-state index >= 15 is 0 Å². The standard InChI is InChI=1S/C16H18N2O4S/c1-3-23(21,22)13-6-7-15(19)14(9-13)18-16(20)8-12-5-4-11(2)17-10-12/h4-7,9-10,19H,3,8H2,1-2H3,(H,18,20). The Morgan fingerprint density at radius 1 is 1.26 bits per heavy atom. The zero-order chi connectivity index (χ0) is 17.0. The number of aromatic nitrogens is 1. The number of carbonyl (C=O) groups is 1. The molecule has 122 valence electrons. The minimum Gasteiger partial charge on any atom is -0.506 e. The molecule has 0 unspecified atom stereocenters. The average molecular weight is 334 g/mol. The van der Waals surface area contributed by atoms with Crippen LogP contribution in [0.1, 0.15) is 18.2 Å². The number of hydrogen-bond acceptors (Lipinski definition) is 5. The molecule has 2 aromatic rings. The summed E-state index contributed by atoms with van der Waals surface area (Å²) in [7, 11) is -3.41. The fourth-order valence-corrected chi connectivity index (χ4v) is 2.86. The predicted molar refractivity (Wildman–Crippen MR) is 87.1 cm³/mol. The Kier molecular flexibility index (Phi) is 5.00. The summed E-state index contributed by atoms with van der Waals surface area (Å²) in [5, 5.41) is 12.3. The lowest BCUT2D eigenvalue weighted by Gasteiger charge is -2.10. The van der Waals surface area contributed by atoms with Gasteiger partial charge in [0.15, 0.2) is 9.84 Å². The number of sulfone groups is 1. The number of phenols is 1. The van der Waals surface area contributed by atoms with Gasteiger partial charge in [0.2, 0.25) is 5.91 Å². The van der Waals surface area contributed by atoms with E-state index in [1.807, 2.05) is 6.92 Å². The molecule has 7 heteroatoms. The third-order valence-corrected chi connectivity index (χ3v) is 5.05. The second-order valence-corrected chi connectivity index (χ2v) is 7.39. The largest absolute Gasteiger partial charge is 0.506 e. The molecule has 1 aromatic carbocycles. The monoisotopic (exact) mass is 334 g/mol. The number of nitrogens with zero attached hydrogens (tertiary/aromatic N) is 1. The second-order valence-electron chi connectivity index (χ2n) is 5.12. The first-order chi connectivity index (χ1) is 10.8. The number of aromatic hydroxyl groups is 1. The van der Waals surface area contributed by atoms with Crippen LogP contribution in [0.3, 0.4) is 0 Å². The lowest BCUT2D eigenvalue weighted by atomic mass is 10.2. The van der Waals surface area contributed by atoms with Crippen molar-refractivity contribution in [3.63, 3.8) is 0 Å². The van der Waals surface area contributed by atoms with Crippen molar-refractivity contribution in [3.8, 4) is 5.75 Å². The zero-order valence-electron chi connectivity index (χ0n) is 12.9. The highest BCUT2D eigenvalue weighted by molar-refractivity contribution is 7.91. The number of aryl methyl sites for hydroxylation is 1. The highest BCUT2D eigenvalue weighted by Gasteiger charge is 2.15. The van der Waals surface area contributed by atoms with Gasteiger partial charge in [-0.1, -0.05) is 13.0 Å². The number of anilines is 1. The van der Waals surface area contributed by atoms with Crippen molar-refractivity contribution in [2.75, 3.05) is 11.1 Å².